The number of amides is 1. The zero-order valence-corrected chi connectivity index (χ0v) is 8.35. The monoisotopic (exact) mass is 170 g/mol. The maximum absolute atomic E-state index is 11.1. The van der Waals surface area contributed by atoms with Crippen LogP contribution in [0.1, 0.15) is 27.2 Å². The van der Waals surface area contributed by atoms with E-state index in [1.54, 1.807) is 7.05 Å². The third-order valence-electron chi connectivity index (χ3n) is 2.70. The van der Waals surface area contributed by atoms with Crippen molar-refractivity contribution in [1.82, 2.24) is 10.2 Å². The van der Waals surface area contributed by atoms with E-state index in [0.29, 0.717) is 12.6 Å². The molecule has 0 aromatic rings. The minimum absolute atomic E-state index is 0.106. The Morgan fingerprint density at radius 1 is 1.67 bits per heavy atom. The third kappa shape index (κ3) is 1.61. The molecule has 0 spiro atoms. The number of likely N-dealkylation sites (tertiary alicyclic amines) is 1. The summed E-state index contributed by atoms with van der Waals surface area (Å²) in [5.41, 5.74) is 0.214. The summed E-state index contributed by atoms with van der Waals surface area (Å²) in [7, 11) is 1.68. The Kier molecular flexibility index (Phi) is 2.42. The smallest absolute Gasteiger partial charge is 0.233 e. The molecule has 3 nitrogen and oxygen atoms in total. The van der Waals surface area contributed by atoms with Crippen LogP contribution in [0.5, 0.6) is 0 Å². The highest BCUT2D eigenvalue weighted by Gasteiger charge is 2.42. The quantitative estimate of drug-likeness (QED) is 0.658. The first kappa shape index (κ1) is 9.52. The van der Waals surface area contributed by atoms with Crippen LogP contribution in [0.25, 0.3) is 0 Å². The van der Waals surface area contributed by atoms with Gasteiger partial charge in [0.05, 0.1) is 6.54 Å². The van der Waals surface area contributed by atoms with Gasteiger partial charge in [0, 0.05) is 18.6 Å². The van der Waals surface area contributed by atoms with Gasteiger partial charge in [-0.15, -0.1) is 0 Å². The lowest BCUT2D eigenvalue weighted by Gasteiger charge is -2.53. The van der Waals surface area contributed by atoms with Crippen LogP contribution >= 0.6 is 0 Å². The van der Waals surface area contributed by atoms with Crippen LogP contribution in [-0.2, 0) is 4.79 Å². The minimum atomic E-state index is 0.106. The lowest BCUT2D eigenvalue weighted by molar-refractivity contribution is -0.129. The number of hydrogen-bond donors (Lipinski definition) is 1. The molecule has 0 aliphatic carbocycles. The van der Waals surface area contributed by atoms with Crippen molar-refractivity contribution in [3.05, 3.63) is 0 Å². The molecule has 1 saturated heterocycles. The lowest BCUT2D eigenvalue weighted by atomic mass is 9.82. The summed E-state index contributed by atoms with van der Waals surface area (Å²) < 4.78 is 0. The van der Waals surface area contributed by atoms with Gasteiger partial charge >= 0.3 is 0 Å². The summed E-state index contributed by atoms with van der Waals surface area (Å²) in [5.74, 6) is 0.106. The fraction of sp³-hybridized carbons (Fsp3) is 0.889. The minimum Gasteiger partial charge on any atom is -0.358 e. The number of rotatable bonds is 2. The molecule has 70 valence electrons. The molecular weight excluding hydrogens is 152 g/mol. The molecular formula is C9H18N2O. The Bertz CT molecular complexity index is 189. The highest BCUT2D eigenvalue weighted by Crippen LogP contribution is 2.34. The van der Waals surface area contributed by atoms with Crippen LogP contribution in [0.3, 0.4) is 0 Å². The van der Waals surface area contributed by atoms with E-state index in [1.807, 2.05) is 0 Å². The number of carbonyl (C=O) groups excluding carboxylic acids is 1. The number of hydrogen-bond acceptors (Lipinski definition) is 2. The van der Waals surface area contributed by atoms with Crippen molar-refractivity contribution in [1.29, 1.82) is 0 Å². The van der Waals surface area contributed by atoms with E-state index in [2.05, 4.69) is 31.0 Å². The van der Waals surface area contributed by atoms with Gasteiger partial charge in [-0.05, 0) is 27.2 Å². The van der Waals surface area contributed by atoms with Gasteiger partial charge in [-0.25, -0.2) is 0 Å². The average Bonchev–Trinajstić information content (AvgIpc) is 1.99. The summed E-state index contributed by atoms with van der Waals surface area (Å²) in [4.78, 5) is 13.3. The first-order valence-corrected chi connectivity index (χ1v) is 4.44. The zero-order chi connectivity index (χ0) is 9.35. The van der Waals surface area contributed by atoms with Crippen LogP contribution in [-0.4, -0.2) is 36.0 Å². The molecule has 1 aliphatic rings. The molecule has 3 heteroatoms. The Morgan fingerprint density at radius 2 is 2.25 bits per heavy atom. The molecule has 1 N–H and O–H groups in total. The van der Waals surface area contributed by atoms with E-state index in [0.717, 1.165) is 0 Å². The second-order valence-electron chi connectivity index (χ2n) is 4.17. The number of nitrogens with one attached hydrogen (secondary N) is 1. The van der Waals surface area contributed by atoms with Crippen molar-refractivity contribution in [2.45, 2.75) is 38.8 Å². The van der Waals surface area contributed by atoms with Gasteiger partial charge in [0.1, 0.15) is 0 Å². The zero-order valence-electron chi connectivity index (χ0n) is 8.35. The number of nitrogens with zero attached hydrogens (tertiary/aromatic N) is 1. The molecule has 1 atom stereocenters. The van der Waals surface area contributed by atoms with Gasteiger partial charge < -0.3 is 5.32 Å². The largest absolute Gasteiger partial charge is 0.358 e. The second-order valence-corrected chi connectivity index (χ2v) is 4.17. The van der Waals surface area contributed by atoms with E-state index < -0.39 is 0 Å². The Labute approximate surface area is 74.1 Å². The maximum atomic E-state index is 11.1. The molecule has 0 radical (unpaired) electrons. The van der Waals surface area contributed by atoms with E-state index in [9.17, 15) is 4.79 Å². The first-order valence-electron chi connectivity index (χ1n) is 4.44. The van der Waals surface area contributed by atoms with Crippen molar-refractivity contribution in [2.24, 2.45) is 0 Å². The van der Waals surface area contributed by atoms with Crippen molar-refractivity contribution < 1.29 is 4.79 Å². The standard InChI is InChI=1S/C9H18N2O/c1-7-5-9(2,3)11(7)6-8(12)10-4/h7H,5-6H2,1-4H3,(H,10,12). The Morgan fingerprint density at radius 3 is 2.58 bits per heavy atom. The maximum Gasteiger partial charge on any atom is 0.233 e. The molecule has 0 bridgehead atoms. The molecule has 0 saturated carbocycles. The van der Waals surface area contributed by atoms with Gasteiger partial charge in [-0.2, -0.15) is 0 Å². The fourth-order valence-electron chi connectivity index (χ4n) is 2.04. The van der Waals surface area contributed by atoms with E-state index in [4.69, 9.17) is 0 Å². The van der Waals surface area contributed by atoms with Gasteiger partial charge in [-0.1, -0.05) is 0 Å². The normalized spacial score (nSPS) is 27.8. The van der Waals surface area contributed by atoms with Gasteiger partial charge in [0.2, 0.25) is 5.91 Å². The molecule has 1 unspecified atom stereocenters. The van der Waals surface area contributed by atoms with Crippen LogP contribution in [0, 0.1) is 0 Å². The fourth-order valence-corrected chi connectivity index (χ4v) is 2.04. The average molecular weight is 170 g/mol. The summed E-state index contributed by atoms with van der Waals surface area (Å²) >= 11 is 0. The second kappa shape index (κ2) is 3.05. The highest BCUT2D eigenvalue weighted by atomic mass is 16.1. The number of carbonyl (C=O) groups is 1. The predicted octanol–water partition coefficient (Wildman–Crippen LogP) is 0.605. The summed E-state index contributed by atoms with van der Waals surface area (Å²) in [6.07, 6.45) is 1.18. The molecule has 0 aromatic heterocycles. The first-order chi connectivity index (χ1) is 5.47. The number of likely N-dealkylation sites (N-methyl/N-ethyl adjacent to an activating group) is 1. The molecule has 1 amide bonds. The van der Waals surface area contributed by atoms with Crippen molar-refractivity contribution >= 4 is 5.91 Å². The van der Waals surface area contributed by atoms with Crippen LogP contribution < -0.4 is 5.32 Å². The van der Waals surface area contributed by atoms with Gasteiger partial charge in [0.15, 0.2) is 0 Å². The van der Waals surface area contributed by atoms with E-state index >= 15 is 0 Å². The van der Waals surface area contributed by atoms with Crippen molar-refractivity contribution in [2.75, 3.05) is 13.6 Å². The third-order valence-corrected chi connectivity index (χ3v) is 2.70. The van der Waals surface area contributed by atoms with Crippen LogP contribution in [0.2, 0.25) is 0 Å². The molecule has 1 fully saturated rings. The van der Waals surface area contributed by atoms with Crippen LogP contribution in [0.15, 0.2) is 0 Å². The molecule has 12 heavy (non-hydrogen) atoms. The van der Waals surface area contributed by atoms with Crippen molar-refractivity contribution in [3.63, 3.8) is 0 Å². The summed E-state index contributed by atoms with van der Waals surface area (Å²) in [6, 6.07) is 0.553. The lowest BCUT2D eigenvalue weighted by Crippen LogP contribution is -2.63. The highest BCUT2D eigenvalue weighted by molar-refractivity contribution is 5.77. The van der Waals surface area contributed by atoms with Gasteiger partial charge in [0.25, 0.3) is 0 Å². The van der Waals surface area contributed by atoms with E-state index in [1.165, 1.54) is 6.42 Å². The predicted molar refractivity (Wildman–Crippen MR) is 48.9 cm³/mol. The summed E-state index contributed by atoms with van der Waals surface area (Å²) in [5, 5.41) is 2.64. The topological polar surface area (TPSA) is 32.3 Å². The van der Waals surface area contributed by atoms with Gasteiger partial charge in [-0.3, -0.25) is 9.69 Å². The van der Waals surface area contributed by atoms with Crippen LogP contribution in [0.4, 0.5) is 0 Å². The van der Waals surface area contributed by atoms with E-state index in [-0.39, 0.29) is 11.4 Å². The van der Waals surface area contributed by atoms with Crippen molar-refractivity contribution in [3.8, 4) is 0 Å². The summed E-state index contributed by atoms with van der Waals surface area (Å²) in [6.45, 7) is 7.05. The molecule has 1 heterocycles. The SMILES string of the molecule is CNC(=O)CN1C(C)CC1(C)C. The molecule has 1 aliphatic heterocycles. The Balaban J connectivity index is 2.46. The molecule has 1 rings (SSSR count). The Hall–Kier alpha value is -0.570. The molecule has 0 aromatic carbocycles.